The molecule has 0 bridgehead atoms. The summed E-state index contributed by atoms with van der Waals surface area (Å²) < 4.78 is 30.4. The maximum Gasteiger partial charge on any atom is 0.283 e. The topological polar surface area (TPSA) is 85.4 Å². The van der Waals surface area contributed by atoms with E-state index in [1.807, 2.05) is 16.9 Å². The quantitative estimate of drug-likeness (QED) is 0.814. The van der Waals surface area contributed by atoms with E-state index in [4.69, 9.17) is 4.74 Å². The standard InChI is InChI=1S/C14H16N2O4S/c1-2-20-9-10-21(18,19)16-14(17)13-8-7-11-5-3-4-6-12(11)15-13/h3-8H,2,9-10H2,1H3,(H,16,17). The minimum absolute atomic E-state index is 0.0459. The maximum atomic E-state index is 11.9. The van der Waals surface area contributed by atoms with Crippen LogP contribution < -0.4 is 4.72 Å². The van der Waals surface area contributed by atoms with Gasteiger partial charge in [-0.3, -0.25) is 4.79 Å². The van der Waals surface area contributed by atoms with Crippen LogP contribution in [0.4, 0.5) is 0 Å². The zero-order valence-corrected chi connectivity index (χ0v) is 12.4. The number of carbonyl (C=O) groups excluding carboxylic acids is 1. The smallest absolute Gasteiger partial charge is 0.283 e. The van der Waals surface area contributed by atoms with Crippen LogP contribution in [0.3, 0.4) is 0 Å². The predicted molar refractivity (Wildman–Crippen MR) is 79.5 cm³/mol. The van der Waals surface area contributed by atoms with E-state index in [9.17, 15) is 13.2 Å². The summed E-state index contributed by atoms with van der Waals surface area (Å²) in [7, 11) is -3.72. The van der Waals surface area contributed by atoms with Crippen molar-refractivity contribution in [1.82, 2.24) is 9.71 Å². The van der Waals surface area contributed by atoms with Crippen LogP contribution in [0.2, 0.25) is 0 Å². The molecule has 2 rings (SSSR count). The third kappa shape index (κ3) is 4.24. The van der Waals surface area contributed by atoms with Gasteiger partial charge >= 0.3 is 0 Å². The molecule has 0 spiro atoms. The van der Waals surface area contributed by atoms with Gasteiger partial charge in [-0.05, 0) is 19.1 Å². The number of nitrogens with one attached hydrogen (secondary N) is 1. The van der Waals surface area contributed by atoms with Crippen molar-refractivity contribution in [2.75, 3.05) is 19.0 Å². The Morgan fingerprint density at radius 3 is 2.76 bits per heavy atom. The summed E-state index contributed by atoms with van der Waals surface area (Å²) in [6.07, 6.45) is 0. The lowest BCUT2D eigenvalue weighted by Crippen LogP contribution is -2.34. The Balaban J connectivity index is 2.11. The molecular formula is C14H16N2O4S. The lowest BCUT2D eigenvalue weighted by atomic mass is 10.2. The van der Waals surface area contributed by atoms with Crippen molar-refractivity contribution in [2.24, 2.45) is 0 Å². The Bertz CT molecular complexity index is 743. The third-order valence-electron chi connectivity index (χ3n) is 2.78. The van der Waals surface area contributed by atoms with E-state index in [0.717, 1.165) is 5.39 Å². The van der Waals surface area contributed by atoms with Crippen molar-refractivity contribution in [3.05, 3.63) is 42.1 Å². The number of ether oxygens (including phenoxy) is 1. The van der Waals surface area contributed by atoms with Crippen molar-refractivity contribution >= 4 is 26.8 Å². The number of benzene rings is 1. The van der Waals surface area contributed by atoms with Crippen molar-refractivity contribution in [3.8, 4) is 0 Å². The van der Waals surface area contributed by atoms with Crippen LogP contribution in [0.25, 0.3) is 10.9 Å². The van der Waals surface area contributed by atoms with Gasteiger partial charge in [-0.2, -0.15) is 0 Å². The molecule has 0 fully saturated rings. The molecule has 1 amide bonds. The molecule has 0 aliphatic heterocycles. The Morgan fingerprint density at radius 1 is 1.24 bits per heavy atom. The molecular weight excluding hydrogens is 292 g/mol. The highest BCUT2D eigenvalue weighted by atomic mass is 32.2. The number of carbonyl (C=O) groups is 1. The molecule has 21 heavy (non-hydrogen) atoms. The Kier molecular flexibility index (Phi) is 4.87. The van der Waals surface area contributed by atoms with Gasteiger partial charge in [0.2, 0.25) is 10.0 Å². The molecule has 0 aliphatic carbocycles. The van der Waals surface area contributed by atoms with E-state index in [2.05, 4.69) is 4.98 Å². The molecule has 0 unspecified atom stereocenters. The summed E-state index contributed by atoms with van der Waals surface area (Å²) in [5, 5.41) is 0.883. The summed E-state index contributed by atoms with van der Waals surface area (Å²) in [4.78, 5) is 16.1. The van der Waals surface area contributed by atoms with Gasteiger partial charge < -0.3 is 4.74 Å². The number of para-hydroxylation sites is 1. The molecule has 112 valence electrons. The molecule has 1 aromatic carbocycles. The number of hydrogen-bond donors (Lipinski definition) is 1. The van der Waals surface area contributed by atoms with Gasteiger partial charge in [0.05, 0.1) is 17.9 Å². The second-order valence-corrected chi connectivity index (χ2v) is 6.18. The van der Waals surface area contributed by atoms with Crippen LogP contribution >= 0.6 is 0 Å². The van der Waals surface area contributed by atoms with Gasteiger partial charge in [0.1, 0.15) is 5.69 Å². The Labute approximate surface area is 123 Å². The molecule has 0 radical (unpaired) electrons. The lowest BCUT2D eigenvalue weighted by Gasteiger charge is -2.07. The number of amides is 1. The fraction of sp³-hybridized carbons (Fsp3) is 0.286. The van der Waals surface area contributed by atoms with Crippen LogP contribution in [0.5, 0.6) is 0 Å². The SMILES string of the molecule is CCOCCS(=O)(=O)NC(=O)c1ccc2ccccc2n1. The first-order chi connectivity index (χ1) is 10.0. The van der Waals surface area contributed by atoms with E-state index >= 15 is 0 Å². The van der Waals surface area contributed by atoms with Crippen LogP contribution in [-0.2, 0) is 14.8 Å². The second kappa shape index (κ2) is 6.64. The van der Waals surface area contributed by atoms with E-state index in [1.54, 1.807) is 25.1 Å². The highest BCUT2D eigenvalue weighted by Crippen LogP contribution is 2.11. The fourth-order valence-electron chi connectivity index (χ4n) is 1.75. The highest BCUT2D eigenvalue weighted by molar-refractivity contribution is 7.90. The fourth-order valence-corrected chi connectivity index (χ4v) is 2.58. The summed E-state index contributed by atoms with van der Waals surface area (Å²) in [5.74, 6) is -1.00. The number of fused-ring (bicyclic) bond motifs is 1. The molecule has 0 saturated heterocycles. The Morgan fingerprint density at radius 2 is 2.00 bits per heavy atom. The third-order valence-corrected chi connectivity index (χ3v) is 3.98. The first kappa shape index (κ1) is 15.4. The van der Waals surface area contributed by atoms with Crippen LogP contribution in [0, 0.1) is 0 Å². The zero-order valence-electron chi connectivity index (χ0n) is 11.6. The summed E-state index contributed by atoms with van der Waals surface area (Å²) in [6.45, 7) is 2.24. The molecule has 7 heteroatoms. The highest BCUT2D eigenvalue weighted by Gasteiger charge is 2.17. The summed E-state index contributed by atoms with van der Waals surface area (Å²) in [6, 6.07) is 10.5. The predicted octanol–water partition coefficient (Wildman–Crippen LogP) is 1.33. The minimum Gasteiger partial charge on any atom is -0.381 e. The number of hydrogen-bond acceptors (Lipinski definition) is 5. The maximum absolute atomic E-state index is 11.9. The van der Waals surface area contributed by atoms with E-state index in [1.165, 1.54) is 6.07 Å². The van der Waals surface area contributed by atoms with Crippen LogP contribution in [0.15, 0.2) is 36.4 Å². The van der Waals surface area contributed by atoms with Crippen molar-refractivity contribution in [3.63, 3.8) is 0 Å². The van der Waals surface area contributed by atoms with Gasteiger partial charge in [0.25, 0.3) is 5.91 Å². The summed E-state index contributed by atoms with van der Waals surface area (Å²) >= 11 is 0. The number of rotatable bonds is 6. The molecule has 1 heterocycles. The monoisotopic (exact) mass is 308 g/mol. The number of sulfonamides is 1. The van der Waals surface area contributed by atoms with Crippen molar-refractivity contribution < 1.29 is 17.9 Å². The van der Waals surface area contributed by atoms with E-state index in [0.29, 0.717) is 12.1 Å². The normalized spacial score (nSPS) is 11.5. The number of pyridine rings is 1. The molecule has 0 aliphatic rings. The van der Waals surface area contributed by atoms with Gasteiger partial charge in [-0.1, -0.05) is 24.3 Å². The molecule has 1 N–H and O–H groups in total. The average Bonchev–Trinajstić information content (AvgIpc) is 2.46. The van der Waals surface area contributed by atoms with E-state index < -0.39 is 15.9 Å². The van der Waals surface area contributed by atoms with Crippen LogP contribution in [0.1, 0.15) is 17.4 Å². The number of nitrogens with zero attached hydrogens (tertiary/aromatic N) is 1. The van der Waals surface area contributed by atoms with Gasteiger partial charge in [0.15, 0.2) is 0 Å². The van der Waals surface area contributed by atoms with Gasteiger partial charge in [-0.15, -0.1) is 0 Å². The first-order valence-electron chi connectivity index (χ1n) is 6.50. The molecule has 2 aromatic rings. The van der Waals surface area contributed by atoms with Crippen LogP contribution in [-0.4, -0.2) is 38.3 Å². The lowest BCUT2D eigenvalue weighted by molar-refractivity contribution is 0.0976. The number of aromatic nitrogens is 1. The average molecular weight is 308 g/mol. The minimum atomic E-state index is -3.72. The van der Waals surface area contributed by atoms with Gasteiger partial charge in [-0.25, -0.2) is 18.1 Å². The molecule has 0 saturated carbocycles. The molecule has 1 aromatic heterocycles. The zero-order chi connectivity index (χ0) is 15.3. The first-order valence-corrected chi connectivity index (χ1v) is 8.15. The molecule has 6 nitrogen and oxygen atoms in total. The summed E-state index contributed by atoms with van der Waals surface area (Å²) in [5.41, 5.74) is 0.700. The largest absolute Gasteiger partial charge is 0.381 e. The van der Waals surface area contributed by atoms with E-state index in [-0.39, 0.29) is 18.1 Å². The van der Waals surface area contributed by atoms with Gasteiger partial charge in [0, 0.05) is 12.0 Å². The van der Waals surface area contributed by atoms with Crippen molar-refractivity contribution in [1.29, 1.82) is 0 Å². The molecule has 0 atom stereocenters. The second-order valence-electron chi connectivity index (χ2n) is 4.34. The van der Waals surface area contributed by atoms with Crippen molar-refractivity contribution in [2.45, 2.75) is 6.92 Å². The Hall–Kier alpha value is -1.99.